The van der Waals surface area contributed by atoms with Crippen molar-refractivity contribution in [2.24, 2.45) is 0 Å². The molecule has 0 aromatic rings. The number of rotatable bonds is 4. The Morgan fingerprint density at radius 2 is 2.27 bits per heavy atom. The smallest absolute Gasteiger partial charge is 0.239 e. The average molecular weight is 214 g/mol. The van der Waals surface area contributed by atoms with Crippen LogP contribution in [0, 0.1) is 0 Å². The van der Waals surface area contributed by atoms with Gasteiger partial charge in [-0.15, -0.1) is 0 Å². The Labute approximate surface area is 91.9 Å². The maximum absolute atomic E-state index is 12.1. The number of likely N-dealkylation sites (N-methyl/N-ethyl adjacent to an activating group) is 1. The molecule has 88 valence electrons. The fourth-order valence-electron chi connectivity index (χ4n) is 2.03. The van der Waals surface area contributed by atoms with Crippen LogP contribution in [0.4, 0.5) is 0 Å². The number of hydrogen-bond acceptors (Lipinski definition) is 3. The number of nitrogens with zero attached hydrogens (tertiary/aromatic N) is 2. The van der Waals surface area contributed by atoms with E-state index >= 15 is 0 Å². The van der Waals surface area contributed by atoms with Crippen LogP contribution in [0.5, 0.6) is 0 Å². The fraction of sp³-hybridized carbons (Fsp3) is 0.909. The number of likely N-dealkylation sites (tertiary alicyclic amines) is 1. The van der Waals surface area contributed by atoms with Gasteiger partial charge in [0.15, 0.2) is 0 Å². The van der Waals surface area contributed by atoms with Gasteiger partial charge in [0.1, 0.15) is 0 Å². The number of aliphatic hydroxyl groups is 1. The lowest BCUT2D eigenvalue weighted by atomic mass is 10.1. The van der Waals surface area contributed by atoms with Crippen LogP contribution >= 0.6 is 0 Å². The summed E-state index contributed by atoms with van der Waals surface area (Å²) in [4.78, 5) is 15.8. The van der Waals surface area contributed by atoms with Crippen LogP contribution in [-0.4, -0.2) is 60.1 Å². The van der Waals surface area contributed by atoms with Crippen LogP contribution in [0.25, 0.3) is 0 Å². The zero-order chi connectivity index (χ0) is 11.4. The van der Waals surface area contributed by atoms with Gasteiger partial charge in [-0.25, -0.2) is 0 Å². The lowest BCUT2D eigenvalue weighted by molar-refractivity contribution is -0.135. The molecule has 1 rings (SSSR count). The SMILES string of the molecule is CCCC(C(=O)N1CC[C@@H](O)C1)N(C)C. The van der Waals surface area contributed by atoms with Gasteiger partial charge in [-0.1, -0.05) is 13.3 Å². The lowest BCUT2D eigenvalue weighted by Crippen LogP contribution is -2.45. The molecule has 0 radical (unpaired) electrons. The molecule has 0 aromatic carbocycles. The van der Waals surface area contributed by atoms with Crippen LogP contribution in [-0.2, 0) is 4.79 Å². The van der Waals surface area contributed by atoms with Crippen molar-refractivity contribution in [3.8, 4) is 0 Å². The van der Waals surface area contributed by atoms with E-state index in [4.69, 9.17) is 0 Å². The standard InChI is InChI=1S/C11H22N2O2/c1-4-5-10(12(2)3)11(15)13-7-6-9(14)8-13/h9-10,14H,4-8H2,1-3H3/t9-,10?/m1/s1. The van der Waals surface area contributed by atoms with E-state index in [1.54, 1.807) is 4.90 Å². The Morgan fingerprint density at radius 1 is 1.60 bits per heavy atom. The number of hydrogen-bond donors (Lipinski definition) is 1. The number of aliphatic hydroxyl groups excluding tert-OH is 1. The highest BCUT2D eigenvalue weighted by atomic mass is 16.3. The molecule has 2 atom stereocenters. The molecule has 0 spiro atoms. The summed E-state index contributed by atoms with van der Waals surface area (Å²) in [5, 5.41) is 9.39. The third kappa shape index (κ3) is 3.18. The average Bonchev–Trinajstić information content (AvgIpc) is 2.59. The molecule has 0 aromatic heterocycles. The van der Waals surface area contributed by atoms with Crippen LogP contribution in [0.15, 0.2) is 0 Å². The second-order valence-electron chi connectivity index (χ2n) is 4.49. The molecule has 1 saturated heterocycles. The van der Waals surface area contributed by atoms with Crippen molar-refractivity contribution in [1.29, 1.82) is 0 Å². The summed E-state index contributed by atoms with van der Waals surface area (Å²) < 4.78 is 0. The number of β-amino-alcohol motifs (C(OH)–C–C–N with tert-alkyl or cyclic N) is 1. The summed E-state index contributed by atoms with van der Waals surface area (Å²) in [7, 11) is 3.87. The van der Waals surface area contributed by atoms with Crippen molar-refractivity contribution in [1.82, 2.24) is 9.80 Å². The molecular weight excluding hydrogens is 192 g/mol. The highest BCUT2D eigenvalue weighted by molar-refractivity contribution is 5.82. The van der Waals surface area contributed by atoms with Crippen molar-refractivity contribution >= 4 is 5.91 Å². The van der Waals surface area contributed by atoms with Crippen molar-refractivity contribution in [2.75, 3.05) is 27.2 Å². The van der Waals surface area contributed by atoms with Gasteiger partial charge in [0.25, 0.3) is 0 Å². The number of amides is 1. The number of carbonyl (C=O) groups is 1. The van der Waals surface area contributed by atoms with E-state index in [0.717, 1.165) is 19.3 Å². The molecule has 0 saturated carbocycles. The molecule has 4 heteroatoms. The molecule has 1 amide bonds. The maximum atomic E-state index is 12.1. The summed E-state index contributed by atoms with van der Waals surface area (Å²) >= 11 is 0. The Kier molecular flexibility index (Phi) is 4.54. The molecule has 1 aliphatic heterocycles. The van der Waals surface area contributed by atoms with Gasteiger partial charge >= 0.3 is 0 Å². The zero-order valence-electron chi connectivity index (χ0n) is 9.94. The maximum Gasteiger partial charge on any atom is 0.239 e. The molecule has 0 aliphatic carbocycles. The highest BCUT2D eigenvalue weighted by Crippen LogP contribution is 2.14. The van der Waals surface area contributed by atoms with E-state index in [1.165, 1.54) is 0 Å². The van der Waals surface area contributed by atoms with Gasteiger partial charge in [-0.3, -0.25) is 9.69 Å². The van der Waals surface area contributed by atoms with E-state index in [0.29, 0.717) is 13.1 Å². The molecule has 15 heavy (non-hydrogen) atoms. The van der Waals surface area contributed by atoms with Crippen LogP contribution in [0.2, 0.25) is 0 Å². The van der Waals surface area contributed by atoms with E-state index in [1.807, 2.05) is 19.0 Å². The third-order valence-corrected chi connectivity index (χ3v) is 2.95. The highest BCUT2D eigenvalue weighted by Gasteiger charge is 2.30. The van der Waals surface area contributed by atoms with Crippen LogP contribution in [0.3, 0.4) is 0 Å². The van der Waals surface area contributed by atoms with Crippen molar-refractivity contribution in [3.63, 3.8) is 0 Å². The third-order valence-electron chi connectivity index (χ3n) is 2.95. The quantitative estimate of drug-likeness (QED) is 0.732. The van der Waals surface area contributed by atoms with E-state index in [-0.39, 0.29) is 18.1 Å². The Balaban J connectivity index is 2.55. The Hall–Kier alpha value is -0.610. The van der Waals surface area contributed by atoms with Gasteiger partial charge in [0.05, 0.1) is 12.1 Å². The van der Waals surface area contributed by atoms with Gasteiger partial charge in [0.2, 0.25) is 5.91 Å². The summed E-state index contributed by atoms with van der Waals surface area (Å²) in [5.74, 6) is 0.165. The largest absolute Gasteiger partial charge is 0.391 e. The minimum atomic E-state index is -0.321. The van der Waals surface area contributed by atoms with Crippen molar-refractivity contribution < 1.29 is 9.90 Å². The van der Waals surface area contributed by atoms with Crippen molar-refractivity contribution in [2.45, 2.75) is 38.3 Å². The summed E-state index contributed by atoms with van der Waals surface area (Å²) in [6, 6.07) is -0.0275. The molecule has 1 unspecified atom stereocenters. The first-order valence-corrected chi connectivity index (χ1v) is 5.69. The number of carbonyl (C=O) groups excluding carboxylic acids is 1. The molecule has 4 nitrogen and oxygen atoms in total. The van der Waals surface area contributed by atoms with Gasteiger partial charge in [0, 0.05) is 13.1 Å². The van der Waals surface area contributed by atoms with Crippen LogP contribution < -0.4 is 0 Å². The zero-order valence-corrected chi connectivity index (χ0v) is 9.94. The minimum absolute atomic E-state index is 0.0275. The Bertz CT molecular complexity index is 219. The van der Waals surface area contributed by atoms with Crippen LogP contribution in [0.1, 0.15) is 26.2 Å². The van der Waals surface area contributed by atoms with E-state index in [9.17, 15) is 9.90 Å². The predicted octanol–water partition coefficient (Wildman–Crippen LogP) is 0.310. The van der Waals surface area contributed by atoms with Crippen molar-refractivity contribution in [3.05, 3.63) is 0 Å². The summed E-state index contributed by atoms with van der Waals surface area (Å²) in [5.41, 5.74) is 0. The van der Waals surface area contributed by atoms with E-state index < -0.39 is 0 Å². The summed E-state index contributed by atoms with van der Waals surface area (Å²) in [6.07, 6.45) is 2.29. The first-order valence-electron chi connectivity index (χ1n) is 5.69. The molecule has 0 bridgehead atoms. The Morgan fingerprint density at radius 3 is 2.67 bits per heavy atom. The predicted molar refractivity (Wildman–Crippen MR) is 59.6 cm³/mol. The monoisotopic (exact) mass is 214 g/mol. The van der Waals surface area contributed by atoms with E-state index in [2.05, 4.69) is 6.92 Å². The molecule has 1 N–H and O–H groups in total. The first kappa shape index (κ1) is 12.5. The lowest BCUT2D eigenvalue weighted by Gasteiger charge is -2.27. The summed E-state index contributed by atoms with van der Waals surface area (Å²) in [6.45, 7) is 3.30. The minimum Gasteiger partial charge on any atom is -0.391 e. The topological polar surface area (TPSA) is 43.8 Å². The second kappa shape index (κ2) is 5.47. The fourth-order valence-corrected chi connectivity index (χ4v) is 2.03. The molecule has 1 aliphatic rings. The normalized spacial score (nSPS) is 23.5. The molecule has 1 fully saturated rings. The molecular formula is C11H22N2O2. The van der Waals surface area contributed by atoms with Gasteiger partial charge < -0.3 is 10.0 Å². The molecule has 1 heterocycles. The van der Waals surface area contributed by atoms with Gasteiger partial charge in [-0.05, 0) is 26.9 Å². The van der Waals surface area contributed by atoms with Gasteiger partial charge in [-0.2, -0.15) is 0 Å². The second-order valence-corrected chi connectivity index (χ2v) is 4.49. The first-order chi connectivity index (χ1) is 7.06.